The van der Waals surface area contributed by atoms with Crippen molar-refractivity contribution in [1.82, 2.24) is 24.8 Å². The van der Waals surface area contributed by atoms with Crippen molar-refractivity contribution >= 4 is 17.6 Å². The van der Waals surface area contributed by atoms with Crippen molar-refractivity contribution in [2.45, 2.75) is 33.7 Å². The predicted molar refractivity (Wildman–Crippen MR) is 77.4 cm³/mol. The van der Waals surface area contributed by atoms with Gasteiger partial charge in [0.05, 0.1) is 35.3 Å². The van der Waals surface area contributed by atoms with Crippen molar-refractivity contribution in [3.63, 3.8) is 0 Å². The average molecular weight is 312 g/mol. The summed E-state index contributed by atoms with van der Waals surface area (Å²) in [5.41, 5.74) is 2.55. The van der Waals surface area contributed by atoms with Crippen LogP contribution in [-0.4, -0.2) is 37.4 Å². The first kappa shape index (κ1) is 15.5. The highest BCUT2D eigenvalue weighted by molar-refractivity contribution is 6.31. The molecule has 0 saturated heterocycles. The Morgan fingerprint density at radius 1 is 1.38 bits per heavy atom. The summed E-state index contributed by atoms with van der Waals surface area (Å²) in [6.45, 7) is 6.23. The molecule has 2 aromatic heterocycles. The molecule has 7 nitrogen and oxygen atoms in total. The van der Waals surface area contributed by atoms with E-state index in [0.29, 0.717) is 23.9 Å². The Bertz CT molecular complexity index is 662. The van der Waals surface area contributed by atoms with Gasteiger partial charge in [0.25, 0.3) is 0 Å². The minimum absolute atomic E-state index is 0.228. The first-order chi connectivity index (χ1) is 9.99. The fraction of sp³-hybridized carbons (Fsp3) is 0.538. The number of nitrogens with zero attached hydrogens (tertiary/aromatic N) is 5. The first-order valence-electron chi connectivity index (χ1n) is 6.77. The Balaban J connectivity index is 2.29. The first-order valence-corrected chi connectivity index (χ1v) is 7.14. The van der Waals surface area contributed by atoms with Crippen LogP contribution < -0.4 is 0 Å². The molecular formula is C13H18ClN5O2. The molecule has 0 amide bonds. The summed E-state index contributed by atoms with van der Waals surface area (Å²) >= 11 is 6.31. The normalized spacial score (nSPS) is 10.9. The third kappa shape index (κ3) is 2.92. The summed E-state index contributed by atoms with van der Waals surface area (Å²) in [5.74, 6) is -0.466. The van der Waals surface area contributed by atoms with Crippen molar-refractivity contribution in [1.29, 1.82) is 0 Å². The predicted octanol–water partition coefficient (Wildman–Crippen LogP) is 1.76. The fourth-order valence-electron chi connectivity index (χ4n) is 2.03. The molecule has 0 atom stereocenters. The number of hydrogen-bond acceptors (Lipinski definition) is 5. The maximum absolute atomic E-state index is 11.7. The van der Waals surface area contributed by atoms with Crippen molar-refractivity contribution in [3.8, 4) is 0 Å². The highest BCUT2D eigenvalue weighted by atomic mass is 35.5. The van der Waals surface area contributed by atoms with Gasteiger partial charge in [-0.15, -0.1) is 5.10 Å². The number of carbonyl (C=O) groups is 1. The van der Waals surface area contributed by atoms with Gasteiger partial charge in [0.1, 0.15) is 0 Å². The van der Waals surface area contributed by atoms with E-state index in [1.54, 1.807) is 23.2 Å². The third-order valence-corrected chi connectivity index (χ3v) is 3.69. The molecule has 2 heterocycles. The smallest absolute Gasteiger partial charge is 0.360 e. The molecule has 0 unspecified atom stereocenters. The van der Waals surface area contributed by atoms with Gasteiger partial charge in [0.15, 0.2) is 5.69 Å². The van der Waals surface area contributed by atoms with Crippen molar-refractivity contribution in [2.24, 2.45) is 7.05 Å². The Morgan fingerprint density at radius 3 is 2.67 bits per heavy atom. The van der Waals surface area contributed by atoms with Gasteiger partial charge in [0, 0.05) is 7.05 Å². The van der Waals surface area contributed by atoms with Crippen molar-refractivity contribution < 1.29 is 9.53 Å². The molecule has 0 radical (unpaired) electrons. The number of ether oxygens (including phenoxy) is 1. The molecule has 0 aromatic carbocycles. The molecule has 0 aliphatic carbocycles. The summed E-state index contributed by atoms with van der Waals surface area (Å²) in [5, 5.41) is 12.9. The van der Waals surface area contributed by atoms with Gasteiger partial charge in [-0.1, -0.05) is 23.7 Å². The SMILES string of the molecule is CCOC(=O)c1nnn(Cc2c(Cl)c(CC)nn2C)c1C. The lowest BCUT2D eigenvalue weighted by Crippen LogP contribution is -2.11. The lowest BCUT2D eigenvalue weighted by molar-refractivity contribution is 0.0518. The Kier molecular flexibility index (Phi) is 4.62. The maximum atomic E-state index is 11.7. The molecule has 2 rings (SSSR count). The number of esters is 1. The summed E-state index contributed by atoms with van der Waals surface area (Å²) < 4.78 is 8.29. The van der Waals surface area contributed by atoms with Crippen LogP contribution in [0.3, 0.4) is 0 Å². The van der Waals surface area contributed by atoms with E-state index < -0.39 is 5.97 Å². The number of aromatic nitrogens is 5. The second kappa shape index (κ2) is 6.26. The minimum Gasteiger partial charge on any atom is -0.461 e. The van der Waals surface area contributed by atoms with E-state index in [2.05, 4.69) is 15.4 Å². The summed E-state index contributed by atoms with van der Waals surface area (Å²) in [7, 11) is 1.83. The zero-order chi connectivity index (χ0) is 15.6. The molecule has 0 saturated carbocycles. The van der Waals surface area contributed by atoms with Crippen LogP contribution in [0.15, 0.2) is 0 Å². The van der Waals surface area contributed by atoms with Crippen LogP contribution in [-0.2, 0) is 24.8 Å². The maximum Gasteiger partial charge on any atom is 0.360 e. The van der Waals surface area contributed by atoms with E-state index in [4.69, 9.17) is 16.3 Å². The molecule has 2 aromatic rings. The summed E-state index contributed by atoms with van der Waals surface area (Å²) in [4.78, 5) is 11.7. The number of halogens is 1. The molecule has 0 aliphatic heterocycles. The van der Waals surface area contributed by atoms with E-state index in [0.717, 1.165) is 17.8 Å². The lowest BCUT2D eigenvalue weighted by Gasteiger charge is -2.05. The second-order valence-corrected chi connectivity index (χ2v) is 4.96. The van der Waals surface area contributed by atoms with Crippen LogP contribution in [0, 0.1) is 6.92 Å². The largest absolute Gasteiger partial charge is 0.461 e. The van der Waals surface area contributed by atoms with Crippen LogP contribution in [0.25, 0.3) is 0 Å². The quantitative estimate of drug-likeness (QED) is 0.787. The van der Waals surface area contributed by atoms with Crippen LogP contribution in [0.2, 0.25) is 5.02 Å². The number of carbonyl (C=O) groups excluding carboxylic acids is 1. The van der Waals surface area contributed by atoms with Crippen molar-refractivity contribution in [3.05, 3.63) is 27.8 Å². The number of aryl methyl sites for hydroxylation is 2. The molecule has 0 aliphatic rings. The molecule has 21 heavy (non-hydrogen) atoms. The molecule has 114 valence electrons. The second-order valence-electron chi connectivity index (χ2n) is 4.59. The van der Waals surface area contributed by atoms with Gasteiger partial charge in [-0.3, -0.25) is 4.68 Å². The van der Waals surface area contributed by atoms with Crippen LogP contribution in [0.1, 0.15) is 41.4 Å². The Labute approximate surface area is 127 Å². The van der Waals surface area contributed by atoms with Crippen molar-refractivity contribution in [2.75, 3.05) is 6.61 Å². The standard InChI is InChI=1S/C13H18ClN5O2/c1-5-9-11(14)10(18(4)16-9)7-19-8(3)12(15-17-19)13(20)21-6-2/h5-7H2,1-4H3. The van der Waals surface area contributed by atoms with Gasteiger partial charge in [-0.05, 0) is 20.3 Å². The van der Waals surface area contributed by atoms with Crippen LogP contribution in [0.5, 0.6) is 0 Å². The molecule has 0 fully saturated rings. The van der Waals surface area contributed by atoms with Gasteiger partial charge >= 0.3 is 5.97 Å². The van der Waals surface area contributed by atoms with E-state index >= 15 is 0 Å². The van der Waals surface area contributed by atoms with Gasteiger partial charge < -0.3 is 4.74 Å². The minimum atomic E-state index is -0.466. The van der Waals surface area contributed by atoms with Gasteiger partial charge in [-0.2, -0.15) is 5.10 Å². The zero-order valence-electron chi connectivity index (χ0n) is 12.6. The van der Waals surface area contributed by atoms with E-state index in [1.165, 1.54) is 0 Å². The highest BCUT2D eigenvalue weighted by Gasteiger charge is 2.20. The van der Waals surface area contributed by atoms with Crippen LogP contribution >= 0.6 is 11.6 Å². The molecule has 0 spiro atoms. The molecule has 8 heteroatoms. The number of rotatable bonds is 5. The summed E-state index contributed by atoms with van der Waals surface area (Å²) in [6.07, 6.45) is 0.761. The van der Waals surface area contributed by atoms with Crippen LogP contribution in [0.4, 0.5) is 0 Å². The number of hydrogen-bond donors (Lipinski definition) is 0. The monoisotopic (exact) mass is 311 g/mol. The third-order valence-electron chi connectivity index (χ3n) is 3.25. The topological polar surface area (TPSA) is 74.8 Å². The highest BCUT2D eigenvalue weighted by Crippen LogP contribution is 2.22. The van der Waals surface area contributed by atoms with E-state index in [9.17, 15) is 4.79 Å². The fourth-order valence-corrected chi connectivity index (χ4v) is 2.39. The van der Waals surface area contributed by atoms with Gasteiger partial charge in [0.2, 0.25) is 0 Å². The Morgan fingerprint density at radius 2 is 2.10 bits per heavy atom. The average Bonchev–Trinajstić information content (AvgIpc) is 2.94. The van der Waals surface area contributed by atoms with Gasteiger partial charge in [-0.25, -0.2) is 9.48 Å². The molecule has 0 bridgehead atoms. The zero-order valence-corrected chi connectivity index (χ0v) is 13.3. The molecule has 0 N–H and O–H groups in total. The Hall–Kier alpha value is -1.89. The lowest BCUT2D eigenvalue weighted by atomic mass is 10.3. The van der Waals surface area contributed by atoms with E-state index in [-0.39, 0.29) is 5.69 Å². The van der Waals surface area contributed by atoms with E-state index in [1.807, 2.05) is 14.0 Å². The molecular weight excluding hydrogens is 294 g/mol. The summed E-state index contributed by atoms with van der Waals surface area (Å²) in [6, 6.07) is 0.